The molecule has 0 radical (unpaired) electrons. The molecule has 0 saturated carbocycles. The van der Waals surface area contributed by atoms with E-state index in [1.165, 1.54) is 12.3 Å². The SMILES string of the molecule is CC(C)(C)OC(=O)N1C2COCC1CC(O)(c1ccc(F)nc1)C2. The van der Waals surface area contributed by atoms with Crippen molar-refractivity contribution in [3.05, 3.63) is 29.8 Å². The van der Waals surface area contributed by atoms with Gasteiger partial charge in [0.15, 0.2) is 0 Å². The number of aromatic nitrogens is 1. The maximum Gasteiger partial charge on any atom is 0.410 e. The normalized spacial score (nSPS) is 30.1. The summed E-state index contributed by atoms with van der Waals surface area (Å²) in [6.45, 7) is 6.14. The molecule has 1 N–H and O–H groups in total. The van der Waals surface area contributed by atoms with Crippen molar-refractivity contribution >= 4 is 6.09 Å². The van der Waals surface area contributed by atoms with Gasteiger partial charge in [0.25, 0.3) is 0 Å². The van der Waals surface area contributed by atoms with Crippen LogP contribution in [-0.2, 0) is 15.1 Å². The number of piperidine rings is 1. The van der Waals surface area contributed by atoms with Crippen molar-refractivity contribution in [2.24, 2.45) is 0 Å². The summed E-state index contributed by atoms with van der Waals surface area (Å²) in [6, 6.07) is 2.20. The first-order valence-corrected chi connectivity index (χ1v) is 8.11. The minimum atomic E-state index is -1.15. The Hall–Kier alpha value is -1.73. The maximum absolute atomic E-state index is 13.1. The molecule has 6 nitrogen and oxygen atoms in total. The molecule has 1 aromatic heterocycles. The van der Waals surface area contributed by atoms with Crippen LogP contribution in [0, 0.1) is 5.95 Å². The molecule has 2 unspecified atom stereocenters. The third-order valence-corrected chi connectivity index (χ3v) is 4.42. The first-order valence-electron chi connectivity index (χ1n) is 8.11. The van der Waals surface area contributed by atoms with E-state index >= 15 is 0 Å². The number of rotatable bonds is 1. The zero-order chi connectivity index (χ0) is 17.5. The van der Waals surface area contributed by atoms with Gasteiger partial charge in [0.05, 0.1) is 30.9 Å². The van der Waals surface area contributed by atoms with Gasteiger partial charge in [-0.15, -0.1) is 0 Å². The second-order valence-electron chi connectivity index (χ2n) is 7.54. The molecule has 2 bridgehead atoms. The number of ether oxygens (including phenoxy) is 2. The smallest absolute Gasteiger partial charge is 0.410 e. The van der Waals surface area contributed by atoms with Crippen molar-refractivity contribution in [2.45, 2.75) is 56.9 Å². The third kappa shape index (κ3) is 3.37. The summed E-state index contributed by atoms with van der Waals surface area (Å²) in [4.78, 5) is 17.8. The number of halogens is 1. The van der Waals surface area contributed by atoms with E-state index in [9.17, 15) is 14.3 Å². The second kappa shape index (κ2) is 5.97. The maximum atomic E-state index is 13.1. The second-order valence-corrected chi connectivity index (χ2v) is 7.54. The van der Waals surface area contributed by atoms with Crippen molar-refractivity contribution in [2.75, 3.05) is 13.2 Å². The molecule has 3 heterocycles. The van der Waals surface area contributed by atoms with Gasteiger partial charge in [-0.25, -0.2) is 9.78 Å². The Morgan fingerprint density at radius 3 is 2.50 bits per heavy atom. The van der Waals surface area contributed by atoms with Gasteiger partial charge >= 0.3 is 6.09 Å². The number of nitrogens with zero attached hydrogens (tertiary/aromatic N) is 2. The van der Waals surface area contributed by atoms with Crippen LogP contribution in [0.1, 0.15) is 39.2 Å². The molecular formula is C17H23FN2O4. The molecule has 0 aromatic carbocycles. The number of aliphatic hydroxyl groups is 1. The molecule has 0 aliphatic carbocycles. The largest absolute Gasteiger partial charge is 0.444 e. The summed E-state index contributed by atoms with van der Waals surface area (Å²) >= 11 is 0. The standard InChI is InChI=1S/C17H23FN2O4/c1-16(2,3)24-15(21)20-12-6-17(22,7-13(20)10-23-9-12)11-4-5-14(18)19-8-11/h4-5,8,12-13,22H,6-7,9-10H2,1-3H3. The predicted octanol–water partition coefficient (Wildman–Crippen LogP) is 2.21. The Labute approximate surface area is 140 Å². The molecule has 0 spiro atoms. The highest BCUT2D eigenvalue weighted by Gasteiger charge is 2.49. The fourth-order valence-electron chi connectivity index (χ4n) is 3.48. The lowest BCUT2D eigenvalue weighted by molar-refractivity contribution is -0.141. The van der Waals surface area contributed by atoms with Crippen LogP contribution in [0.5, 0.6) is 0 Å². The van der Waals surface area contributed by atoms with Crippen LogP contribution in [0.25, 0.3) is 0 Å². The number of hydrogen-bond acceptors (Lipinski definition) is 5. The van der Waals surface area contributed by atoms with Crippen molar-refractivity contribution in [1.29, 1.82) is 0 Å². The fraction of sp³-hybridized carbons (Fsp3) is 0.647. The van der Waals surface area contributed by atoms with Gasteiger partial charge in [-0.3, -0.25) is 4.90 Å². The number of fused-ring (bicyclic) bond motifs is 2. The van der Waals surface area contributed by atoms with Gasteiger partial charge in [0, 0.05) is 24.6 Å². The highest BCUT2D eigenvalue weighted by molar-refractivity contribution is 5.69. The Morgan fingerprint density at radius 1 is 1.38 bits per heavy atom. The average Bonchev–Trinajstić information content (AvgIpc) is 2.44. The minimum absolute atomic E-state index is 0.289. The van der Waals surface area contributed by atoms with Crippen LogP contribution in [0.15, 0.2) is 18.3 Å². The zero-order valence-corrected chi connectivity index (χ0v) is 14.2. The highest BCUT2D eigenvalue weighted by atomic mass is 19.1. The summed E-state index contributed by atoms with van der Waals surface area (Å²) in [5, 5.41) is 11.1. The minimum Gasteiger partial charge on any atom is -0.444 e. The van der Waals surface area contributed by atoms with E-state index in [1.54, 1.807) is 11.0 Å². The van der Waals surface area contributed by atoms with Crippen molar-refractivity contribution in [3.63, 3.8) is 0 Å². The van der Waals surface area contributed by atoms with Gasteiger partial charge in [0.1, 0.15) is 5.60 Å². The Bertz CT molecular complexity index is 600. The van der Waals surface area contributed by atoms with Crippen LogP contribution in [0.2, 0.25) is 0 Å². The number of hydrogen-bond donors (Lipinski definition) is 1. The molecule has 24 heavy (non-hydrogen) atoms. The van der Waals surface area contributed by atoms with E-state index in [0.717, 1.165) is 0 Å². The number of morpholine rings is 1. The molecule has 2 aliphatic heterocycles. The van der Waals surface area contributed by atoms with Gasteiger partial charge < -0.3 is 14.6 Å². The summed E-state index contributed by atoms with van der Waals surface area (Å²) in [6.07, 6.45) is 1.57. The van der Waals surface area contributed by atoms with Gasteiger partial charge in [0.2, 0.25) is 5.95 Å². The van der Waals surface area contributed by atoms with Crippen LogP contribution in [-0.4, -0.2) is 52.0 Å². The molecule has 2 atom stereocenters. The lowest BCUT2D eigenvalue weighted by atomic mass is 9.77. The Kier molecular flexibility index (Phi) is 4.25. The van der Waals surface area contributed by atoms with Crippen LogP contribution >= 0.6 is 0 Å². The van der Waals surface area contributed by atoms with Crippen molar-refractivity contribution < 1.29 is 23.8 Å². The van der Waals surface area contributed by atoms with Crippen molar-refractivity contribution in [3.8, 4) is 0 Å². The topological polar surface area (TPSA) is 71.9 Å². The molecule has 1 amide bonds. The summed E-state index contributed by atoms with van der Waals surface area (Å²) in [5.74, 6) is -0.586. The molecular weight excluding hydrogens is 315 g/mol. The average molecular weight is 338 g/mol. The lowest BCUT2D eigenvalue weighted by Gasteiger charge is -2.51. The predicted molar refractivity (Wildman–Crippen MR) is 83.8 cm³/mol. The molecule has 7 heteroatoms. The van der Waals surface area contributed by atoms with Crippen LogP contribution < -0.4 is 0 Å². The monoisotopic (exact) mass is 338 g/mol. The van der Waals surface area contributed by atoms with Gasteiger partial charge in [-0.1, -0.05) is 6.07 Å². The number of pyridine rings is 1. The Balaban J connectivity index is 1.82. The van der Waals surface area contributed by atoms with Crippen LogP contribution in [0.3, 0.4) is 0 Å². The Morgan fingerprint density at radius 2 is 2.00 bits per heavy atom. The van der Waals surface area contributed by atoms with E-state index in [-0.39, 0.29) is 18.2 Å². The van der Waals surface area contributed by atoms with E-state index < -0.39 is 17.1 Å². The van der Waals surface area contributed by atoms with Crippen LogP contribution in [0.4, 0.5) is 9.18 Å². The first-order chi connectivity index (χ1) is 11.2. The lowest BCUT2D eigenvalue weighted by Crippen LogP contribution is -2.63. The number of carbonyl (C=O) groups excluding carboxylic acids is 1. The number of amides is 1. The van der Waals surface area contributed by atoms with Gasteiger partial charge in [-0.2, -0.15) is 4.39 Å². The molecule has 132 valence electrons. The van der Waals surface area contributed by atoms with Crippen molar-refractivity contribution in [1.82, 2.24) is 9.88 Å². The van der Waals surface area contributed by atoms with E-state index in [1.807, 2.05) is 20.8 Å². The molecule has 1 aromatic rings. The quantitative estimate of drug-likeness (QED) is 0.795. The fourth-order valence-corrected chi connectivity index (χ4v) is 3.48. The highest BCUT2D eigenvalue weighted by Crippen LogP contribution is 2.41. The molecule has 2 saturated heterocycles. The van der Waals surface area contributed by atoms with Gasteiger partial charge in [-0.05, 0) is 26.8 Å². The zero-order valence-electron chi connectivity index (χ0n) is 14.2. The number of carbonyl (C=O) groups is 1. The van der Waals surface area contributed by atoms with E-state index in [4.69, 9.17) is 9.47 Å². The first kappa shape index (κ1) is 17.1. The van der Waals surface area contributed by atoms with E-state index in [2.05, 4.69) is 4.98 Å². The molecule has 3 rings (SSSR count). The molecule has 2 fully saturated rings. The summed E-state index contributed by atoms with van der Waals surface area (Å²) < 4.78 is 24.1. The third-order valence-electron chi connectivity index (χ3n) is 4.42. The summed E-state index contributed by atoms with van der Waals surface area (Å²) in [5.41, 5.74) is -1.18. The summed E-state index contributed by atoms with van der Waals surface area (Å²) in [7, 11) is 0. The molecule has 2 aliphatic rings. The van der Waals surface area contributed by atoms with E-state index in [0.29, 0.717) is 31.6 Å².